The lowest BCUT2D eigenvalue weighted by Gasteiger charge is -2.31. The number of nitrogens with zero attached hydrogens (tertiary/aromatic N) is 1. The van der Waals surface area contributed by atoms with Crippen LogP contribution in [0, 0.1) is 0 Å². The molecule has 2 rings (SSSR count). The van der Waals surface area contributed by atoms with Gasteiger partial charge in [-0.3, -0.25) is 4.79 Å². The van der Waals surface area contributed by atoms with E-state index >= 15 is 0 Å². The number of nitrogens with two attached hydrogens (primary N) is 1. The van der Waals surface area contributed by atoms with Gasteiger partial charge in [-0.2, -0.15) is 0 Å². The summed E-state index contributed by atoms with van der Waals surface area (Å²) in [6.07, 6.45) is 1.80. The molecule has 1 heterocycles. The van der Waals surface area contributed by atoms with Crippen molar-refractivity contribution in [1.82, 2.24) is 4.90 Å². The number of likely N-dealkylation sites (tertiary alicyclic amines) is 1. The van der Waals surface area contributed by atoms with Crippen LogP contribution in [0.1, 0.15) is 37.0 Å². The fourth-order valence-corrected chi connectivity index (χ4v) is 3.89. The van der Waals surface area contributed by atoms with Gasteiger partial charge in [0.15, 0.2) is 0 Å². The molecule has 0 unspecified atom stereocenters. The van der Waals surface area contributed by atoms with Crippen LogP contribution in [-0.2, 0) is 10.0 Å². The first-order valence-corrected chi connectivity index (χ1v) is 8.68. The van der Waals surface area contributed by atoms with E-state index in [4.69, 9.17) is 28.3 Å². The highest BCUT2D eigenvalue weighted by Crippen LogP contribution is 2.34. The summed E-state index contributed by atoms with van der Waals surface area (Å²) < 4.78 is 23.1. The van der Waals surface area contributed by atoms with Gasteiger partial charge in [-0.15, -0.1) is 0 Å². The molecule has 0 aliphatic carbocycles. The molecule has 8 heteroatoms. The van der Waals surface area contributed by atoms with E-state index in [1.54, 1.807) is 4.90 Å². The Kier molecular flexibility index (Phi) is 4.28. The second-order valence-electron chi connectivity index (χ2n) is 5.69. The zero-order valence-corrected chi connectivity index (χ0v) is 14.0. The monoisotopic (exact) mass is 350 g/mol. The highest BCUT2D eigenvalue weighted by atomic mass is 35.5. The first-order valence-electron chi connectivity index (χ1n) is 6.38. The van der Waals surface area contributed by atoms with Crippen molar-refractivity contribution in [3.8, 4) is 0 Å². The lowest BCUT2D eigenvalue weighted by Crippen LogP contribution is -2.42. The average Bonchev–Trinajstić information content (AvgIpc) is 2.69. The molecular weight excluding hydrogens is 335 g/mol. The lowest BCUT2D eigenvalue weighted by molar-refractivity contribution is 0.0651. The molecule has 1 aromatic rings. The Morgan fingerprint density at radius 1 is 1.33 bits per heavy atom. The Hall–Kier alpha value is -0.820. The molecule has 21 heavy (non-hydrogen) atoms. The molecule has 0 spiro atoms. The van der Waals surface area contributed by atoms with Crippen molar-refractivity contribution in [2.75, 3.05) is 6.54 Å². The maximum Gasteiger partial charge on any atom is 0.254 e. The number of benzene rings is 1. The number of rotatable bonds is 2. The third-order valence-electron chi connectivity index (χ3n) is 3.69. The number of hydrogen-bond donors (Lipinski definition) is 1. The summed E-state index contributed by atoms with van der Waals surface area (Å²) in [5.74, 6) is -0.277. The third-order valence-corrected chi connectivity index (χ3v) is 5.54. The number of amides is 1. The molecule has 1 fully saturated rings. The number of sulfonamides is 1. The quantitative estimate of drug-likeness (QED) is 0.889. The van der Waals surface area contributed by atoms with Gasteiger partial charge in [-0.05, 0) is 38.8 Å². The molecule has 1 aliphatic heterocycles. The van der Waals surface area contributed by atoms with E-state index in [0.29, 0.717) is 6.54 Å². The number of halogens is 2. The summed E-state index contributed by atoms with van der Waals surface area (Å²) >= 11 is 11.8. The van der Waals surface area contributed by atoms with E-state index < -0.39 is 10.0 Å². The molecule has 0 radical (unpaired) electrons. The maximum absolute atomic E-state index is 12.6. The summed E-state index contributed by atoms with van der Waals surface area (Å²) in [7, 11) is -4.05. The van der Waals surface area contributed by atoms with Crippen LogP contribution in [0.4, 0.5) is 0 Å². The van der Waals surface area contributed by atoms with Crippen LogP contribution >= 0.6 is 23.2 Å². The molecular formula is C13H16Cl2N2O3S. The van der Waals surface area contributed by atoms with Gasteiger partial charge in [-0.1, -0.05) is 23.2 Å². The normalized spacial score (nSPS) is 18.0. The molecule has 0 bridgehead atoms. The molecule has 0 atom stereocenters. The fourth-order valence-electron chi connectivity index (χ4n) is 2.53. The minimum absolute atomic E-state index is 0.0106. The number of carbonyl (C=O) groups is 1. The van der Waals surface area contributed by atoms with E-state index in [0.717, 1.165) is 12.8 Å². The molecule has 2 N–H and O–H groups in total. The minimum atomic E-state index is -4.05. The predicted octanol–water partition coefficient (Wildman–Crippen LogP) is 2.66. The Morgan fingerprint density at radius 2 is 1.95 bits per heavy atom. The Morgan fingerprint density at radius 3 is 2.43 bits per heavy atom. The standard InChI is InChI=1S/C13H16Cl2N2O3S/c1-13(2)4-3-5-17(13)12(18)8-6-9(14)11(15)10(7-8)21(16,19)20/h6-7H,3-5H2,1-2H3,(H2,16,19,20). The summed E-state index contributed by atoms with van der Waals surface area (Å²) in [5, 5.41) is 4.93. The molecule has 5 nitrogen and oxygen atoms in total. The molecule has 1 saturated heterocycles. The van der Waals surface area contributed by atoms with Crippen molar-refractivity contribution >= 4 is 39.1 Å². The molecule has 1 aromatic carbocycles. The van der Waals surface area contributed by atoms with Crippen molar-refractivity contribution in [2.24, 2.45) is 5.14 Å². The van der Waals surface area contributed by atoms with Crippen molar-refractivity contribution in [1.29, 1.82) is 0 Å². The van der Waals surface area contributed by atoms with Gasteiger partial charge in [0.25, 0.3) is 5.91 Å². The SMILES string of the molecule is CC1(C)CCCN1C(=O)c1cc(Cl)c(Cl)c(S(N)(=O)=O)c1. The third kappa shape index (κ3) is 3.18. The predicted molar refractivity (Wildman–Crippen MR) is 82.2 cm³/mol. The summed E-state index contributed by atoms with van der Waals surface area (Å²) in [6.45, 7) is 4.56. The van der Waals surface area contributed by atoms with E-state index in [-0.39, 0.29) is 32.0 Å². The molecule has 1 amide bonds. The highest BCUT2D eigenvalue weighted by molar-refractivity contribution is 7.89. The number of hydrogen-bond acceptors (Lipinski definition) is 3. The van der Waals surface area contributed by atoms with Crippen molar-refractivity contribution < 1.29 is 13.2 Å². The van der Waals surface area contributed by atoms with Crippen LogP contribution in [0.2, 0.25) is 10.0 Å². The van der Waals surface area contributed by atoms with Gasteiger partial charge >= 0.3 is 0 Å². The van der Waals surface area contributed by atoms with Crippen LogP contribution < -0.4 is 5.14 Å². The summed E-state index contributed by atoms with van der Waals surface area (Å²) in [6, 6.07) is 2.55. The first-order chi connectivity index (χ1) is 9.54. The van der Waals surface area contributed by atoms with Gasteiger partial charge in [0.2, 0.25) is 10.0 Å². The first kappa shape index (κ1) is 16.5. The van der Waals surface area contributed by atoms with Crippen molar-refractivity contribution in [3.63, 3.8) is 0 Å². The second-order valence-corrected chi connectivity index (χ2v) is 8.00. The smallest absolute Gasteiger partial charge is 0.254 e. The Bertz CT molecular complexity index is 702. The van der Waals surface area contributed by atoms with Crippen LogP contribution in [0.25, 0.3) is 0 Å². The average molecular weight is 351 g/mol. The van der Waals surface area contributed by atoms with E-state index in [9.17, 15) is 13.2 Å². The van der Waals surface area contributed by atoms with Crippen LogP contribution in [-0.4, -0.2) is 31.3 Å². The van der Waals surface area contributed by atoms with Crippen molar-refractivity contribution in [3.05, 3.63) is 27.7 Å². The van der Waals surface area contributed by atoms with E-state index in [1.807, 2.05) is 13.8 Å². The van der Waals surface area contributed by atoms with Gasteiger partial charge in [0.05, 0.1) is 10.0 Å². The van der Waals surface area contributed by atoms with Crippen LogP contribution in [0.3, 0.4) is 0 Å². The maximum atomic E-state index is 12.6. The fraction of sp³-hybridized carbons (Fsp3) is 0.462. The number of carbonyl (C=O) groups excluding carboxylic acids is 1. The van der Waals surface area contributed by atoms with Crippen LogP contribution in [0.5, 0.6) is 0 Å². The van der Waals surface area contributed by atoms with Gasteiger partial charge in [-0.25, -0.2) is 13.6 Å². The van der Waals surface area contributed by atoms with Gasteiger partial charge in [0, 0.05) is 17.6 Å². The van der Waals surface area contributed by atoms with Gasteiger partial charge < -0.3 is 4.90 Å². The van der Waals surface area contributed by atoms with E-state index in [1.165, 1.54) is 12.1 Å². The largest absolute Gasteiger partial charge is 0.334 e. The lowest BCUT2D eigenvalue weighted by atomic mass is 10.0. The Balaban J connectivity index is 2.51. The summed E-state index contributed by atoms with van der Waals surface area (Å²) in [4.78, 5) is 14.0. The summed E-state index contributed by atoms with van der Waals surface area (Å²) in [5.41, 5.74) is -0.103. The second kappa shape index (κ2) is 5.43. The molecule has 116 valence electrons. The van der Waals surface area contributed by atoms with E-state index in [2.05, 4.69) is 0 Å². The van der Waals surface area contributed by atoms with Crippen molar-refractivity contribution in [2.45, 2.75) is 37.1 Å². The molecule has 0 aromatic heterocycles. The Labute approximate surface area is 134 Å². The number of primary sulfonamides is 1. The molecule has 0 saturated carbocycles. The minimum Gasteiger partial charge on any atom is -0.334 e. The topological polar surface area (TPSA) is 80.5 Å². The zero-order valence-electron chi connectivity index (χ0n) is 11.7. The van der Waals surface area contributed by atoms with Gasteiger partial charge in [0.1, 0.15) is 4.90 Å². The zero-order chi connectivity index (χ0) is 16.0. The van der Waals surface area contributed by atoms with Crippen LogP contribution in [0.15, 0.2) is 17.0 Å². The molecule has 1 aliphatic rings. The highest BCUT2D eigenvalue weighted by Gasteiger charge is 2.36.